The molecule has 0 saturated heterocycles. The van der Waals surface area contributed by atoms with E-state index in [0.717, 1.165) is 0 Å². The highest BCUT2D eigenvalue weighted by Gasteiger charge is 2.28. The molecule has 114 valence electrons. The molecule has 5 nitrogen and oxygen atoms in total. The van der Waals surface area contributed by atoms with Gasteiger partial charge in [-0.3, -0.25) is 4.98 Å². The lowest BCUT2D eigenvalue weighted by Gasteiger charge is -2.21. The Bertz CT molecular complexity index is 717. The average molecular weight is 316 g/mol. The van der Waals surface area contributed by atoms with Crippen molar-refractivity contribution >= 4 is 20.8 Å². The van der Waals surface area contributed by atoms with Crippen LogP contribution in [0.1, 0.15) is 0 Å². The Labute approximate surface area is 120 Å². The molecule has 1 aromatic heterocycles. The number of halogens is 2. The van der Waals surface area contributed by atoms with Gasteiger partial charge in [0.2, 0.25) is 10.0 Å². The van der Waals surface area contributed by atoms with E-state index in [-0.39, 0.29) is 11.4 Å². The monoisotopic (exact) mass is 316 g/mol. The summed E-state index contributed by atoms with van der Waals surface area (Å²) in [4.78, 5) is 3.82. The molecule has 0 unspecified atom stereocenters. The van der Waals surface area contributed by atoms with Crippen LogP contribution in [0.2, 0.25) is 0 Å². The van der Waals surface area contributed by atoms with E-state index in [4.69, 9.17) is 5.11 Å². The molecule has 0 fully saturated rings. The van der Waals surface area contributed by atoms with Crippen molar-refractivity contribution in [3.05, 3.63) is 36.7 Å². The highest BCUT2D eigenvalue weighted by Crippen LogP contribution is 2.25. The molecule has 1 aromatic carbocycles. The van der Waals surface area contributed by atoms with Crippen molar-refractivity contribution in [2.24, 2.45) is 0 Å². The van der Waals surface area contributed by atoms with Crippen molar-refractivity contribution in [2.75, 3.05) is 19.7 Å². The number of rotatable bonds is 6. The summed E-state index contributed by atoms with van der Waals surface area (Å²) in [5, 5.41) is 9.92. The van der Waals surface area contributed by atoms with Gasteiger partial charge in [0.15, 0.2) is 0 Å². The Morgan fingerprint density at radius 1 is 1.29 bits per heavy atom. The minimum absolute atomic E-state index is 0.0727. The van der Waals surface area contributed by atoms with Crippen LogP contribution in [0.25, 0.3) is 10.8 Å². The number of aliphatic hydroxyl groups is 1. The van der Waals surface area contributed by atoms with Crippen LogP contribution in [-0.2, 0) is 10.0 Å². The Hall–Kier alpha value is -1.64. The molecule has 2 rings (SSSR count). The number of benzene rings is 1. The molecule has 0 radical (unpaired) electrons. The first-order valence-corrected chi connectivity index (χ1v) is 7.62. The maximum atomic E-state index is 12.6. The van der Waals surface area contributed by atoms with E-state index in [1.165, 1.54) is 30.6 Å². The van der Waals surface area contributed by atoms with Gasteiger partial charge in [-0.1, -0.05) is 12.1 Å². The van der Waals surface area contributed by atoms with Crippen LogP contribution in [0.3, 0.4) is 0 Å². The van der Waals surface area contributed by atoms with E-state index in [9.17, 15) is 17.2 Å². The van der Waals surface area contributed by atoms with Gasteiger partial charge >= 0.3 is 0 Å². The molecule has 0 saturated carbocycles. The number of hydrogen-bond acceptors (Lipinski definition) is 4. The molecule has 0 amide bonds. The maximum absolute atomic E-state index is 12.6. The van der Waals surface area contributed by atoms with Gasteiger partial charge in [0, 0.05) is 29.7 Å². The number of nitrogens with zero attached hydrogens (tertiary/aromatic N) is 2. The van der Waals surface area contributed by atoms with Crippen LogP contribution in [0.15, 0.2) is 41.6 Å². The van der Waals surface area contributed by atoms with E-state index in [1.807, 2.05) is 0 Å². The maximum Gasteiger partial charge on any atom is 0.252 e. The van der Waals surface area contributed by atoms with Crippen LogP contribution < -0.4 is 0 Å². The van der Waals surface area contributed by atoms with Crippen LogP contribution in [0, 0.1) is 0 Å². The Morgan fingerprint density at radius 3 is 2.71 bits per heavy atom. The SMILES string of the molecule is O=S(=O)(c1cccc2cnccc12)N(CCO)CC(F)F. The minimum atomic E-state index is -4.12. The summed E-state index contributed by atoms with van der Waals surface area (Å²) in [7, 11) is -4.12. The highest BCUT2D eigenvalue weighted by atomic mass is 32.2. The molecule has 0 aliphatic rings. The molecular formula is C13H14F2N2O3S. The number of aliphatic hydroxyl groups excluding tert-OH is 1. The topological polar surface area (TPSA) is 70.5 Å². The van der Waals surface area contributed by atoms with Crippen LogP contribution in [-0.4, -0.2) is 48.9 Å². The molecule has 8 heteroatoms. The van der Waals surface area contributed by atoms with Crippen LogP contribution in [0.4, 0.5) is 8.78 Å². The van der Waals surface area contributed by atoms with Gasteiger partial charge in [-0.2, -0.15) is 4.31 Å². The zero-order valence-electron chi connectivity index (χ0n) is 11.0. The van der Waals surface area contributed by atoms with Crippen molar-refractivity contribution < 1.29 is 22.3 Å². The molecule has 1 N–H and O–H groups in total. The van der Waals surface area contributed by atoms with Crippen molar-refractivity contribution in [1.29, 1.82) is 0 Å². The van der Waals surface area contributed by atoms with Crippen LogP contribution in [0.5, 0.6) is 0 Å². The van der Waals surface area contributed by atoms with Gasteiger partial charge in [0.05, 0.1) is 18.0 Å². The Kier molecular flexibility index (Phi) is 4.81. The third kappa shape index (κ3) is 3.34. The first-order chi connectivity index (χ1) is 9.96. The number of hydrogen-bond donors (Lipinski definition) is 1. The molecule has 2 aromatic rings. The zero-order valence-corrected chi connectivity index (χ0v) is 11.8. The van der Waals surface area contributed by atoms with Gasteiger partial charge in [-0.25, -0.2) is 17.2 Å². The molecule has 21 heavy (non-hydrogen) atoms. The molecule has 1 heterocycles. The van der Waals surface area contributed by atoms with Crippen molar-refractivity contribution in [2.45, 2.75) is 11.3 Å². The number of sulfonamides is 1. The zero-order chi connectivity index (χ0) is 15.5. The Balaban J connectivity index is 2.54. The van der Waals surface area contributed by atoms with Crippen LogP contribution >= 0.6 is 0 Å². The summed E-state index contributed by atoms with van der Waals surface area (Å²) >= 11 is 0. The number of pyridine rings is 1. The molecular weight excluding hydrogens is 302 g/mol. The standard InChI is InChI=1S/C13H14F2N2O3S/c14-13(15)9-17(6-7-18)21(19,20)12-3-1-2-10-8-16-5-4-11(10)12/h1-5,8,13,18H,6-7,9H2. The highest BCUT2D eigenvalue weighted by molar-refractivity contribution is 7.89. The second-order valence-corrected chi connectivity index (χ2v) is 6.24. The number of aromatic nitrogens is 1. The quantitative estimate of drug-likeness (QED) is 0.876. The summed E-state index contributed by atoms with van der Waals surface area (Å²) in [6.07, 6.45) is 0.117. The largest absolute Gasteiger partial charge is 0.395 e. The van der Waals surface area contributed by atoms with E-state index < -0.39 is 29.6 Å². The van der Waals surface area contributed by atoms with E-state index in [1.54, 1.807) is 6.07 Å². The average Bonchev–Trinajstić information content (AvgIpc) is 2.45. The minimum Gasteiger partial charge on any atom is -0.395 e. The molecule has 0 aliphatic heterocycles. The first kappa shape index (κ1) is 15.7. The summed E-state index contributed by atoms with van der Waals surface area (Å²) < 4.78 is 50.8. The second-order valence-electron chi connectivity index (χ2n) is 4.33. The van der Waals surface area contributed by atoms with Gasteiger partial charge in [-0.05, 0) is 12.1 Å². The summed E-state index contributed by atoms with van der Waals surface area (Å²) in [5.41, 5.74) is 0. The van der Waals surface area contributed by atoms with Crippen molar-refractivity contribution in [3.63, 3.8) is 0 Å². The van der Waals surface area contributed by atoms with Crippen molar-refractivity contribution in [3.8, 4) is 0 Å². The van der Waals surface area contributed by atoms with Gasteiger partial charge in [-0.15, -0.1) is 0 Å². The number of alkyl halides is 2. The lowest BCUT2D eigenvalue weighted by Crippen LogP contribution is -2.37. The molecule has 0 atom stereocenters. The summed E-state index contributed by atoms with van der Waals surface area (Å²) in [6.45, 7) is -1.86. The fourth-order valence-corrected chi connectivity index (χ4v) is 3.66. The van der Waals surface area contributed by atoms with E-state index in [0.29, 0.717) is 15.1 Å². The third-order valence-electron chi connectivity index (χ3n) is 2.95. The van der Waals surface area contributed by atoms with E-state index >= 15 is 0 Å². The van der Waals surface area contributed by atoms with Crippen molar-refractivity contribution in [1.82, 2.24) is 9.29 Å². The molecule has 0 spiro atoms. The smallest absolute Gasteiger partial charge is 0.252 e. The third-order valence-corrected chi connectivity index (χ3v) is 4.87. The number of fused-ring (bicyclic) bond motifs is 1. The lowest BCUT2D eigenvalue weighted by molar-refractivity contribution is 0.113. The van der Waals surface area contributed by atoms with Gasteiger partial charge < -0.3 is 5.11 Å². The second kappa shape index (κ2) is 6.42. The van der Waals surface area contributed by atoms with E-state index in [2.05, 4.69) is 4.98 Å². The summed E-state index contributed by atoms with van der Waals surface area (Å²) in [5.74, 6) is 0. The first-order valence-electron chi connectivity index (χ1n) is 6.18. The summed E-state index contributed by atoms with van der Waals surface area (Å²) in [6, 6.07) is 6.08. The molecule has 0 aliphatic carbocycles. The van der Waals surface area contributed by atoms with Gasteiger partial charge in [0.25, 0.3) is 6.43 Å². The normalized spacial score (nSPS) is 12.4. The Morgan fingerprint density at radius 2 is 2.05 bits per heavy atom. The fourth-order valence-electron chi connectivity index (χ4n) is 2.03. The van der Waals surface area contributed by atoms with Gasteiger partial charge in [0.1, 0.15) is 0 Å². The predicted molar refractivity (Wildman–Crippen MR) is 73.6 cm³/mol. The molecule has 0 bridgehead atoms. The predicted octanol–water partition coefficient (Wildman–Crippen LogP) is 1.48. The lowest BCUT2D eigenvalue weighted by atomic mass is 10.2. The fraction of sp³-hybridized carbons (Fsp3) is 0.308.